The summed E-state index contributed by atoms with van der Waals surface area (Å²) in [7, 11) is 0. The Morgan fingerprint density at radius 1 is 1.04 bits per heavy atom. The molecule has 2 aliphatic rings. The van der Waals surface area contributed by atoms with Crippen LogP contribution in [0.1, 0.15) is 11.4 Å². The molecule has 0 saturated heterocycles. The molecule has 0 saturated carbocycles. The fourth-order valence-electron chi connectivity index (χ4n) is 4.31. The highest BCUT2D eigenvalue weighted by molar-refractivity contribution is 6.14. The van der Waals surface area contributed by atoms with Crippen molar-refractivity contribution >= 4 is 33.3 Å². The zero-order valence-corrected chi connectivity index (χ0v) is 13.4. The highest BCUT2D eigenvalue weighted by Crippen LogP contribution is 2.34. The average molecular weight is 322 g/mol. The summed E-state index contributed by atoms with van der Waals surface area (Å²) >= 11 is 0. The third-order valence-corrected chi connectivity index (χ3v) is 5.47. The number of allylic oxidation sites excluding steroid dienone is 5. The molecule has 1 unspecified atom stereocenters. The van der Waals surface area contributed by atoms with Crippen LogP contribution in [-0.2, 0) is 6.42 Å². The van der Waals surface area contributed by atoms with Crippen LogP contribution >= 0.6 is 0 Å². The van der Waals surface area contributed by atoms with Crippen molar-refractivity contribution in [2.45, 2.75) is 6.42 Å². The second-order valence-corrected chi connectivity index (χ2v) is 6.82. The zero-order chi connectivity index (χ0) is 16.5. The Morgan fingerprint density at radius 2 is 1.88 bits per heavy atom. The minimum atomic E-state index is 0.0419. The molecule has 0 fully saturated rings. The number of aromatic nitrogens is 2. The number of hydrogen-bond acceptors (Lipinski definition) is 2. The number of pyridine rings is 1. The normalized spacial score (nSPS) is 18.7. The fraction of sp³-hybridized carbons (Fsp3) is 0.0909. The summed E-state index contributed by atoms with van der Waals surface area (Å²) in [5.74, 6) is 0.332. The van der Waals surface area contributed by atoms with Gasteiger partial charge < -0.3 is 0 Å². The Morgan fingerprint density at radius 3 is 2.76 bits per heavy atom. The summed E-state index contributed by atoms with van der Waals surface area (Å²) in [6.45, 7) is 0. The van der Waals surface area contributed by atoms with Gasteiger partial charge in [0.1, 0.15) is 5.65 Å². The molecule has 0 N–H and O–H groups in total. The van der Waals surface area contributed by atoms with Crippen molar-refractivity contribution in [3.8, 4) is 0 Å². The lowest BCUT2D eigenvalue weighted by atomic mass is 9.85. The van der Waals surface area contributed by atoms with Gasteiger partial charge in [-0.25, -0.2) is 4.98 Å². The minimum absolute atomic E-state index is 0.0419. The molecule has 3 nitrogen and oxygen atoms in total. The van der Waals surface area contributed by atoms with Crippen LogP contribution in [0, 0.1) is 5.92 Å². The number of hydrogen-bond donors (Lipinski definition) is 0. The minimum Gasteiger partial charge on any atom is -0.268 e. The van der Waals surface area contributed by atoms with Gasteiger partial charge in [-0.15, -0.1) is 0 Å². The van der Waals surface area contributed by atoms with Crippen LogP contribution < -0.4 is 5.56 Å². The predicted octanol–water partition coefficient (Wildman–Crippen LogP) is 4.12. The molecular weight excluding hydrogens is 308 g/mol. The summed E-state index contributed by atoms with van der Waals surface area (Å²) in [4.78, 5) is 18.1. The second kappa shape index (κ2) is 4.45. The first-order valence-corrected chi connectivity index (χ1v) is 8.56. The molecule has 2 aromatic heterocycles. The molecular formula is C22H14N2O. The summed E-state index contributed by atoms with van der Waals surface area (Å²) in [5.41, 5.74) is 4.05. The van der Waals surface area contributed by atoms with E-state index in [0.29, 0.717) is 5.92 Å². The standard InChI is InChI=1S/C22H14N2O/c25-22-17-10-4-8-13-7-3-9-16(20(13)17)21-23-18-11-14-5-1-2-6-15(14)12-19(18)24(21)22/h1-11,15H,12H2. The first-order chi connectivity index (χ1) is 12.3. The molecule has 0 spiro atoms. The van der Waals surface area contributed by atoms with Crippen LogP contribution in [0.2, 0.25) is 0 Å². The molecule has 4 aromatic rings. The van der Waals surface area contributed by atoms with Gasteiger partial charge >= 0.3 is 0 Å². The first-order valence-electron chi connectivity index (χ1n) is 8.56. The van der Waals surface area contributed by atoms with E-state index in [4.69, 9.17) is 4.98 Å². The quantitative estimate of drug-likeness (QED) is 0.488. The van der Waals surface area contributed by atoms with E-state index >= 15 is 0 Å². The van der Waals surface area contributed by atoms with Crippen molar-refractivity contribution in [2.24, 2.45) is 5.92 Å². The Bertz CT molecular complexity index is 1330. The Hall–Kier alpha value is -3.20. The smallest absolute Gasteiger partial charge is 0.264 e. The first kappa shape index (κ1) is 13.1. The SMILES string of the molecule is O=c1c2cccc3cccc(c32)c2nc3c(n12)CC1C=CC=CC1=C3. The second-order valence-electron chi connectivity index (χ2n) is 6.82. The van der Waals surface area contributed by atoms with E-state index in [9.17, 15) is 4.79 Å². The lowest BCUT2D eigenvalue weighted by Gasteiger charge is -2.21. The molecule has 1 atom stereocenters. The van der Waals surface area contributed by atoms with Gasteiger partial charge in [0.25, 0.3) is 5.56 Å². The van der Waals surface area contributed by atoms with E-state index in [2.05, 4.69) is 48.6 Å². The maximum atomic E-state index is 13.3. The lowest BCUT2D eigenvalue weighted by molar-refractivity contribution is 0.728. The van der Waals surface area contributed by atoms with Crippen molar-refractivity contribution in [1.29, 1.82) is 0 Å². The van der Waals surface area contributed by atoms with Crippen LogP contribution in [0.25, 0.3) is 33.3 Å². The average Bonchev–Trinajstić information content (AvgIpc) is 3.02. The van der Waals surface area contributed by atoms with E-state index in [0.717, 1.165) is 45.0 Å². The van der Waals surface area contributed by atoms with Gasteiger partial charge in [-0.1, -0.05) is 54.6 Å². The summed E-state index contributed by atoms with van der Waals surface area (Å²) in [5, 5.41) is 3.94. The molecule has 2 aliphatic carbocycles. The Kier molecular flexibility index (Phi) is 2.34. The molecule has 2 aromatic carbocycles. The third kappa shape index (κ3) is 1.60. The molecule has 2 heterocycles. The maximum absolute atomic E-state index is 13.3. The van der Waals surface area contributed by atoms with Crippen LogP contribution in [0.5, 0.6) is 0 Å². The van der Waals surface area contributed by atoms with Gasteiger partial charge in [0.15, 0.2) is 0 Å². The molecule has 3 heteroatoms. The highest BCUT2D eigenvalue weighted by atomic mass is 16.1. The van der Waals surface area contributed by atoms with Crippen molar-refractivity contribution in [3.63, 3.8) is 0 Å². The van der Waals surface area contributed by atoms with Crippen LogP contribution in [0.4, 0.5) is 0 Å². The fourth-order valence-corrected chi connectivity index (χ4v) is 4.31. The van der Waals surface area contributed by atoms with Gasteiger partial charge in [-0.2, -0.15) is 0 Å². The van der Waals surface area contributed by atoms with E-state index in [1.807, 2.05) is 22.6 Å². The van der Waals surface area contributed by atoms with Crippen molar-refractivity contribution < 1.29 is 0 Å². The van der Waals surface area contributed by atoms with Crippen LogP contribution in [0.15, 0.2) is 71.1 Å². The van der Waals surface area contributed by atoms with Gasteiger partial charge in [0.05, 0.1) is 11.4 Å². The summed E-state index contributed by atoms with van der Waals surface area (Å²) in [6.07, 6.45) is 11.4. The number of rotatable bonds is 0. The van der Waals surface area contributed by atoms with E-state index in [1.165, 1.54) is 5.57 Å². The Balaban J connectivity index is 1.83. The topological polar surface area (TPSA) is 34.4 Å². The monoisotopic (exact) mass is 322 g/mol. The van der Waals surface area contributed by atoms with Crippen LogP contribution in [0.3, 0.4) is 0 Å². The molecule has 25 heavy (non-hydrogen) atoms. The number of imidazole rings is 1. The van der Waals surface area contributed by atoms with Gasteiger partial charge in [-0.3, -0.25) is 9.20 Å². The summed E-state index contributed by atoms with van der Waals surface area (Å²) < 4.78 is 1.84. The van der Waals surface area contributed by atoms with Gasteiger partial charge in [0, 0.05) is 28.5 Å². The zero-order valence-electron chi connectivity index (χ0n) is 13.4. The molecule has 0 bridgehead atoms. The molecule has 6 rings (SSSR count). The maximum Gasteiger partial charge on any atom is 0.264 e. The molecule has 0 radical (unpaired) electrons. The predicted molar refractivity (Wildman–Crippen MR) is 101 cm³/mol. The third-order valence-electron chi connectivity index (χ3n) is 5.47. The van der Waals surface area contributed by atoms with Crippen LogP contribution in [-0.4, -0.2) is 9.38 Å². The van der Waals surface area contributed by atoms with Gasteiger partial charge in [0.2, 0.25) is 0 Å². The molecule has 0 aliphatic heterocycles. The number of benzene rings is 2. The van der Waals surface area contributed by atoms with Crippen molar-refractivity contribution in [1.82, 2.24) is 9.38 Å². The molecule has 0 amide bonds. The molecule has 118 valence electrons. The number of fused-ring (bicyclic) bond motifs is 5. The van der Waals surface area contributed by atoms with E-state index in [1.54, 1.807) is 0 Å². The van der Waals surface area contributed by atoms with E-state index in [-0.39, 0.29) is 5.56 Å². The summed E-state index contributed by atoms with van der Waals surface area (Å²) in [6, 6.07) is 12.1. The van der Waals surface area contributed by atoms with Gasteiger partial charge in [-0.05, 0) is 23.1 Å². The van der Waals surface area contributed by atoms with Crippen molar-refractivity contribution in [2.75, 3.05) is 0 Å². The number of nitrogens with zero attached hydrogens (tertiary/aromatic N) is 2. The van der Waals surface area contributed by atoms with Crippen molar-refractivity contribution in [3.05, 3.63) is 88.0 Å². The highest BCUT2D eigenvalue weighted by Gasteiger charge is 2.26. The Labute approximate surface area is 143 Å². The lowest BCUT2D eigenvalue weighted by Crippen LogP contribution is -2.19. The van der Waals surface area contributed by atoms with E-state index < -0.39 is 0 Å². The largest absolute Gasteiger partial charge is 0.268 e.